The van der Waals surface area contributed by atoms with Gasteiger partial charge in [-0.15, -0.1) is 0 Å². The number of likely N-dealkylation sites (N-methyl/N-ethyl adjacent to an activating group) is 1. The molecular formula is C10H11N4NaO3. The van der Waals surface area contributed by atoms with Gasteiger partial charge in [0.05, 0.1) is 18.1 Å². The third kappa shape index (κ3) is 5.26. The predicted octanol–water partition coefficient (Wildman–Crippen LogP) is -4.57. The molecule has 90 valence electrons. The molecule has 0 spiro atoms. The van der Waals surface area contributed by atoms with E-state index in [9.17, 15) is 14.7 Å². The molecule has 0 aromatic carbocycles. The maximum Gasteiger partial charge on any atom is 1.00 e. The van der Waals surface area contributed by atoms with E-state index in [1.807, 2.05) is 5.32 Å². The molecule has 1 amide bonds. The molecule has 7 nitrogen and oxygen atoms in total. The van der Waals surface area contributed by atoms with Crippen molar-refractivity contribution in [2.45, 2.75) is 0 Å². The van der Waals surface area contributed by atoms with Crippen LogP contribution in [0.1, 0.15) is 14.5 Å². The Morgan fingerprint density at radius 1 is 1.67 bits per heavy atom. The fraction of sp³-hybridized carbons (Fsp3) is 0.200. The zero-order valence-electron chi connectivity index (χ0n) is 12.6. The van der Waals surface area contributed by atoms with Crippen molar-refractivity contribution in [1.29, 1.82) is 5.41 Å². The third-order valence-corrected chi connectivity index (χ3v) is 1.71. The molecule has 0 bridgehead atoms. The third-order valence-electron chi connectivity index (χ3n) is 1.71. The summed E-state index contributed by atoms with van der Waals surface area (Å²) < 4.78 is 21.4. The molecule has 1 aromatic heterocycles. The van der Waals surface area contributed by atoms with Gasteiger partial charge in [-0.25, -0.2) is 0 Å². The molecule has 0 fully saturated rings. The van der Waals surface area contributed by atoms with Gasteiger partial charge in [-0.3, -0.25) is 20.5 Å². The molecule has 1 rings (SSSR count). The van der Waals surface area contributed by atoms with Gasteiger partial charge in [0.2, 0.25) is 0 Å². The Hall–Kier alpha value is -1.44. The summed E-state index contributed by atoms with van der Waals surface area (Å²) in [7, 11) is 0. The quantitative estimate of drug-likeness (QED) is 0.323. The molecular weight excluding hydrogens is 247 g/mol. The zero-order valence-corrected chi connectivity index (χ0v) is 11.6. The number of carbonyl (C=O) groups is 2. The smallest absolute Gasteiger partial charge is 0.548 e. The normalized spacial score (nSPS) is 12.1. The van der Waals surface area contributed by atoms with Crippen LogP contribution in [0.3, 0.4) is 0 Å². The Morgan fingerprint density at radius 2 is 2.39 bits per heavy atom. The number of guanidine groups is 1. The molecule has 0 aliphatic rings. The Kier molecular flexibility index (Phi) is 5.05. The van der Waals surface area contributed by atoms with Crippen molar-refractivity contribution in [3.05, 3.63) is 30.1 Å². The molecule has 0 unspecified atom stereocenters. The molecule has 1 aromatic rings. The van der Waals surface area contributed by atoms with Gasteiger partial charge in [-0.05, 0) is 12.1 Å². The maximum atomic E-state index is 11.7. The molecule has 0 saturated carbocycles. The Morgan fingerprint density at radius 3 is 2.89 bits per heavy atom. The molecule has 0 aliphatic heterocycles. The second-order valence-corrected chi connectivity index (χ2v) is 3.00. The number of pyridine rings is 1. The van der Waals surface area contributed by atoms with E-state index < -0.39 is 31.4 Å². The first-order valence-corrected chi connectivity index (χ1v) is 4.49. The topological polar surface area (TPSA) is 109 Å². The number of carbonyl (C=O) groups excluding carboxylic acids is 2. The first kappa shape index (κ1) is 11.6. The van der Waals surface area contributed by atoms with Crippen LogP contribution < -0.4 is 40.0 Å². The van der Waals surface area contributed by atoms with E-state index >= 15 is 0 Å². The number of hydrogen-bond acceptors (Lipinski definition) is 5. The van der Waals surface area contributed by atoms with Crippen LogP contribution in [-0.4, -0.2) is 41.2 Å². The number of carboxylic acid groups (broad SMARTS) is 1. The molecule has 1 heterocycles. The maximum absolute atomic E-state index is 11.7. The van der Waals surface area contributed by atoms with Gasteiger partial charge in [0.15, 0.2) is 5.96 Å². The van der Waals surface area contributed by atoms with Crippen LogP contribution in [0.15, 0.2) is 24.5 Å². The number of nitrogens with zero attached hydrogens (tertiary/aromatic N) is 2. The Labute approximate surface area is 130 Å². The molecule has 0 atom stereocenters. The molecule has 18 heavy (non-hydrogen) atoms. The van der Waals surface area contributed by atoms with Gasteiger partial charge in [0.1, 0.15) is 0 Å². The summed E-state index contributed by atoms with van der Waals surface area (Å²) in [4.78, 5) is 26.1. The largest absolute Gasteiger partial charge is 1.00 e. The number of hydrogen-bond donors (Lipinski definition) is 2. The molecule has 8 heteroatoms. The standard InChI is InChI=1S/C10H12N4O3.Na/c1-14(6-8(15)16)10(11)13-9(17)7-3-2-4-12-5-7;/h2-5H,6H2,1H3,(H,15,16)(H2,11,13,17);/q;+1/p-1/i1D3;. The summed E-state index contributed by atoms with van der Waals surface area (Å²) in [5.41, 5.74) is 0.108. The van der Waals surface area contributed by atoms with Gasteiger partial charge in [-0.2, -0.15) is 0 Å². The summed E-state index contributed by atoms with van der Waals surface area (Å²) in [6, 6.07) is 2.90. The van der Waals surface area contributed by atoms with Gasteiger partial charge in [0.25, 0.3) is 5.91 Å². The number of carboxylic acids is 1. The minimum atomic E-state index is -2.89. The van der Waals surface area contributed by atoms with E-state index in [1.165, 1.54) is 24.5 Å². The minimum absolute atomic E-state index is 0. The van der Waals surface area contributed by atoms with Crippen molar-refractivity contribution in [2.75, 3.05) is 13.5 Å². The van der Waals surface area contributed by atoms with Crippen LogP contribution in [-0.2, 0) is 4.79 Å². The minimum Gasteiger partial charge on any atom is -0.548 e. The Bertz CT molecular complexity index is 524. The molecule has 0 radical (unpaired) electrons. The van der Waals surface area contributed by atoms with Crippen molar-refractivity contribution >= 4 is 17.8 Å². The monoisotopic (exact) mass is 261 g/mol. The van der Waals surface area contributed by atoms with Gasteiger partial charge < -0.3 is 14.8 Å². The van der Waals surface area contributed by atoms with Crippen molar-refractivity contribution in [2.24, 2.45) is 0 Å². The van der Waals surface area contributed by atoms with Crippen LogP contribution >= 0.6 is 0 Å². The number of amides is 1. The summed E-state index contributed by atoms with van der Waals surface area (Å²) in [6.07, 6.45) is 2.66. The average Bonchev–Trinajstić information content (AvgIpc) is 2.35. The van der Waals surface area contributed by atoms with E-state index in [1.54, 1.807) is 0 Å². The summed E-state index contributed by atoms with van der Waals surface area (Å²) in [6.45, 7) is -3.93. The van der Waals surface area contributed by atoms with Crippen LogP contribution in [0.4, 0.5) is 0 Å². The van der Waals surface area contributed by atoms with E-state index in [0.29, 0.717) is 0 Å². The van der Waals surface area contributed by atoms with Crippen molar-refractivity contribution in [3.63, 3.8) is 0 Å². The zero-order chi connectivity index (χ0) is 15.3. The van der Waals surface area contributed by atoms with E-state index in [2.05, 4.69) is 4.98 Å². The van der Waals surface area contributed by atoms with E-state index in [-0.39, 0.29) is 40.0 Å². The van der Waals surface area contributed by atoms with Crippen LogP contribution in [0, 0.1) is 5.41 Å². The fourth-order valence-electron chi connectivity index (χ4n) is 0.952. The SMILES string of the molecule is [2H]C([2H])([2H])N(CC(=O)[O-])C(=N)NC(=O)c1cccnc1.[Na+]. The van der Waals surface area contributed by atoms with Crippen molar-refractivity contribution < 1.29 is 48.4 Å². The Balaban J connectivity index is 0.00000400. The van der Waals surface area contributed by atoms with Crippen LogP contribution in [0.2, 0.25) is 0 Å². The van der Waals surface area contributed by atoms with Gasteiger partial charge in [-0.1, -0.05) is 0 Å². The van der Waals surface area contributed by atoms with Gasteiger partial charge in [0, 0.05) is 23.5 Å². The van der Waals surface area contributed by atoms with Crippen LogP contribution in [0.25, 0.3) is 0 Å². The number of nitrogens with one attached hydrogen (secondary N) is 2. The van der Waals surface area contributed by atoms with E-state index in [4.69, 9.17) is 9.52 Å². The van der Waals surface area contributed by atoms with Crippen molar-refractivity contribution in [3.8, 4) is 0 Å². The summed E-state index contributed by atoms with van der Waals surface area (Å²) >= 11 is 0. The summed E-state index contributed by atoms with van der Waals surface area (Å²) in [5.74, 6) is -3.31. The molecule has 0 saturated heterocycles. The second kappa shape index (κ2) is 7.80. The molecule has 0 aliphatic carbocycles. The van der Waals surface area contributed by atoms with Crippen LogP contribution in [0.5, 0.6) is 0 Å². The van der Waals surface area contributed by atoms with Gasteiger partial charge >= 0.3 is 29.6 Å². The van der Waals surface area contributed by atoms with Crippen molar-refractivity contribution in [1.82, 2.24) is 15.2 Å². The van der Waals surface area contributed by atoms with E-state index in [0.717, 1.165) is 0 Å². The first-order valence-electron chi connectivity index (χ1n) is 5.99. The number of rotatable bonds is 3. The second-order valence-electron chi connectivity index (χ2n) is 3.00. The fourth-order valence-corrected chi connectivity index (χ4v) is 0.952. The molecule has 2 N–H and O–H groups in total. The summed E-state index contributed by atoms with van der Waals surface area (Å²) in [5, 5.41) is 20.0. The number of aromatic nitrogens is 1. The average molecular weight is 261 g/mol. The first-order chi connectivity index (χ1) is 9.21. The predicted molar refractivity (Wildman–Crippen MR) is 57.1 cm³/mol. The number of aliphatic carboxylic acids is 1.